The highest BCUT2D eigenvalue weighted by molar-refractivity contribution is 7.15. The third-order valence-electron chi connectivity index (χ3n) is 3.94. The highest BCUT2D eigenvalue weighted by Gasteiger charge is 2.24. The molecule has 1 aromatic heterocycles. The summed E-state index contributed by atoms with van der Waals surface area (Å²) >= 11 is 1.87. The van der Waals surface area contributed by atoms with E-state index in [9.17, 15) is 0 Å². The van der Waals surface area contributed by atoms with Gasteiger partial charge < -0.3 is 10.2 Å². The van der Waals surface area contributed by atoms with E-state index in [0.717, 1.165) is 18.5 Å². The Kier molecular flexibility index (Phi) is 3.85. The molecule has 1 saturated carbocycles. The van der Waals surface area contributed by atoms with Crippen molar-refractivity contribution in [1.29, 1.82) is 0 Å². The molecule has 4 heteroatoms. The van der Waals surface area contributed by atoms with Gasteiger partial charge in [0.15, 0.2) is 5.13 Å². The van der Waals surface area contributed by atoms with E-state index in [0.29, 0.717) is 0 Å². The Balaban J connectivity index is 1.52. The predicted molar refractivity (Wildman–Crippen MR) is 77.2 cm³/mol. The van der Waals surface area contributed by atoms with Crippen molar-refractivity contribution in [2.45, 2.75) is 51.6 Å². The van der Waals surface area contributed by atoms with Crippen LogP contribution in [0, 0.1) is 5.92 Å². The van der Waals surface area contributed by atoms with E-state index in [1.807, 2.05) is 11.3 Å². The minimum absolute atomic E-state index is 0.788. The van der Waals surface area contributed by atoms with Crippen molar-refractivity contribution in [3.05, 3.63) is 11.1 Å². The van der Waals surface area contributed by atoms with Gasteiger partial charge in [0, 0.05) is 36.8 Å². The molecule has 1 aliphatic heterocycles. The Bertz CT molecular complexity index is 386. The summed E-state index contributed by atoms with van der Waals surface area (Å²) in [6.07, 6.45) is 8.81. The number of hydrogen-bond donors (Lipinski definition) is 1. The summed E-state index contributed by atoms with van der Waals surface area (Å²) in [4.78, 5) is 8.46. The van der Waals surface area contributed by atoms with Crippen LogP contribution in [0.3, 0.4) is 0 Å². The third kappa shape index (κ3) is 3.04. The zero-order chi connectivity index (χ0) is 12.4. The highest BCUT2D eigenvalue weighted by Crippen LogP contribution is 2.30. The van der Waals surface area contributed by atoms with Gasteiger partial charge in [-0.05, 0) is 31.6 Å². The van der Waals surface area contributed by atoms with Gasteiger partial charge >= 0.3 is 0 Å². The van der Waals surface area contributed by atoms with Crippen molar-refractivity contribution in [2.75, 3.05) is 18.0 Å². The molecule has 3 nitrogen and oxygen atoms in total. The molecule has 100 valence electrons. The molecule has 1 N–H and O–H groups in total. The van der Waals surface area contributed by atoms with Crippen molar-refractivity contribution in [3.8, 4) is 0 Å². The number of rotatable bonds is 6. The fraction of sp³-hybridized carbons (Fsp3) is 0.786. The van der Waals surface area contributed by atoms with Crippen LogP contribution < -0.4 is 10.2 Å². The number of hydrogen-bond acceptors (Lipinski definition) is 4. The van der Waals surface area contributed by atoms with Crippen LogP contribution in [-0.2, 0) is 6.54 Å². The van der Waals surface area contributed by atoms with E-state index in [1.165, 1.54) is 55.2 Å². The molecule has 1 saturated heterocycles. The first kappa shape index (κ1) is 12.4. The number of aromatic nitrogens is 1. The van der Waals surface area contributed by atoms with Gasteiger partial charge in [-0.2, -0.15) is 0 Å². The lowest BCUT2D eigenvalue weighted by atomic mass is 10.0. The first-order chi connectivity index (χ1) is 8.85. The zero-order valence-electron chi connectivity index (χ0n) is 11.2. The van der Waals surface area contributed by atoms with Crippen LogP contribution >= 0.6 is 11.3 Å². The third-order valence-corrected chi connectivity index (χ3v) is 5.00. The van der Waals surface area contributed by atoms with Crippen LogP contribution in [0.1, 0.15) is 43.9 Å². The van der Waals surface area contributed by atoms with E-state index < -0.39 is 0 Å². The Morgan fingerprint density at radius 1 is 1.44 bits per heavy atom. The van der Waals surface area contributed by atoms with E-state index in [-0.39, 0.29) is 0 Å². The van der Waals surface area contributed by atoms with Crippen molar-refractivity contribution >= 4 is 16.5 Å². The van der Waals surface area contributed by atoms with Gasteiger partial charge in [0.05, 0.1) is 0 Å². The first-order valence-electron chi connectivity index (χ1n) is 7.28. The molecule has 2 fully saturated rings. The standard InChI is InChI=1S/C14H23N3S/c1-2-3-11-6-7-17(10-11)14-16-9-13(18-14)8-15-12-4-5-12/h9,11-12,15H,2-8,10H2,1H3. The summed E-state index contributed by atoms with van der Waals surface area (Å²) in [6, 6.07) is 0.788. The average Bonchev–Trinajstić information content (AvgIpc) is 2.90. The molecule has 0 bridgehead atoms. The van der Waals surface area contributed by atoms with Gasteiger partial charge in [0.1, 0.15) is 0 Å². The second-order valence-electron chi connectivity index (χ2n) is 5.65. The number of nitrogens with one attached hydrogen (secondary N) is 1. The highest BCUT2D eigenvalue weighted by atomic mass is 32.1. The number of thiazole rings is 1. The monoisotopic (exact) mass is 265 g/mol. The number of anilines is 1. The van der Waals surface area contributed by atoms with E-state index in [2.05, 4.69) is 28.3 Å². The Labute approximate surface area is 114 Å². The average molecular weight is 265 g/mol. The molecule has 18 heavy (non-hydrogen) atoms. The summed E-state index contributed by atoms with van der Waals surface area (Å²) in [5.41, 5.74) is 0. The predicted octanol–water partition coefficient (Wildman–Crippen LogP) is 3.02. The normalized spacial score (nSPS) is 23.8. The lowest BCUT2D eigenvalue weighted by molar-refractivity contribution is 0.530. The lowest BCUT2D eigenvalue weighted by Crippen LogP contribution is -2.19. The summed E-state index contributed by atoms with van der Waals surface area (Å²) < 4.78 is 0. The van der Waals surface area contributed by atoms with Crippen LogP contribution in [0.2, 0.25) is 0 Å². The molecule has 0 radical (unpaired) electrons. The van der Waals surface area contributed by atoms with E-state index >= 15 is 0 Å². The first-order valence-corrected chi connectivity index (χ1v) is 8.10. The molecule has 0 amide bonds. The van der Waals surface area contributed by atoms with Crippen LogP contribution in [-0.4, -0.2) is 24.1 Å². The lowest BCUT2D eigenvalue weighted by Gasteiger charge is -2.14. The SMILES string of the molecule is CCCC1CCN(c2ncc(CNC3CC3)s2)C1. The topological polar surface area (TPSA) is 28.2 Å². The van der Waals surface area contributed by atoms with Crippen molar-refractivity contribution < 1.29 is 0 Å². The fourth-order valence-corrected chi connectivity index (χ4v) is 3.60. The maximum absolute atomic E-state index is 4.60. The van der Waals surface area contributed by atoms with Crippen molar-refractivity contribution in [1.82, 2.24) is 10.3 Å². The largest absolute Gasteiger partial charge is 0.348 e. The minimum atomic E-state index is 0.788. The maximum Gasteiger partial charge on any atom is 0.185 e. The molecule has 0 aromatic carbocycles. The van der Waals surface area contributed by atoms with Crippen molar-refractivity contribution in [3.63, 3.8) is 0 Å². The second-order valence-corrected chi connectivity index (χ2v) is 6.75. The van der Waals surface area contributed by atoms with Crippen LogP contribution in [0.4, 0.5) is 5.13 Å². The fourth-order valence-electron chi connectivity index (χ4n) is 2.71. The molecule has 2 heterocycles. The summed E-state index contributed by atoms with van der Waals surface area (Å²) in [5.74, 6) is 0.895. The maximum atomic E-state index is 4.60. The summed E-state index contributed by atoms with van der Waals surface area (Å²) in [6.45, 7) is 5.72. The van der Waals surface area contributed by atoms with E-state index in [4.69, 9.17) is 0 Å². The molecule has 1 aromatic rings. The van der Waals surface area contributed by atoms with Gasteiger partial charge in [-0.1, -0.05) is 13.3 Å². The smallest absolute Gasteiger partial charge is 0.185 e. The summed E-state index contributed by atoms with van der Waals surface area (Å²) in [7, 11) is 0. The van der Waals surface area contributed by atoms with Gasteiger partial charge in [0.2, 0.25) is 0 Å². The van der Waals surface area contributed by atoms with Gasteiger partial charge in [-0.15, -0.1) is 11.3 Å². The van der Waals surface area contributed by atoms with E-state index in [1.54, 1.807) is 0 Å². The molecule has 1 aliphatic carbocycles. The molecule has 1 atom stereocenters. The van der Waals surface area contributed by atoms with Crippen LogP contribution in [0.5, 0.6) is 0 Å². The summed E-state index contributed by atoms with van der Waals surface area (Å²) in [5, 5.41) is 4.79. The Hall–Kier alpha value is -0.610. The Morgan fingerprint density at radius 2 is 2.33 bits per heavy atom. The quantitative estimate of drug-likeness (QED) is 0.857. The minimum Gasteiger partial charge on any atom is -0.348 e. The molecule has 0 spiro atoms. The van der Waals surface area contributed by atoms with Crippen LogP contribution in [0.15, 0.2) is 6.20 Å². The number of nitrogens with zero attached hydrogens (tertiary/aromatic N) is 2. The van der Waals surface area contributed by atoms with Gasteiger partial charge in [-0.25, -0.2) is 4.98 Å². The Morgan fingerprint density at radius 3 is 3.11 bits per heavy atom. The molecule has 2 aliphatic rings. The van der Waals surface area contributed by atoms with Crippen molar-refractivity contribution in [2.24, 2.45) is 5.92 Å². The van der Waals surface area contributed by atoms with Crippen LogP contribution in [0.25, 0.3) is 0 Å². The van der Waals surface area contributed by atoms with Gasteiger partial charge in [-0.3, -0.25) is 0 Å². The second kappa shape index (κ2) is 5.57. The molecular formula is C14H23N3S. The molecular weight excluding hydrogens is 242 g/mol. The molecule has 1 unspecified atom stereocenters. The molecule has 3 rings (SSSR count). The zero-order valence-corrected chi connectivity index (χ0v) is 12.0. The van der Waals surface area contributed by atoms with Gasteiger partial charge in [0.25, 0.3) is 0 Å².